The van der Waals surface area contributed by atoms with Gasteiger partial charge in [0.2, 0.25) is 0 Å². The van der Waals surface area contributed by atoms with Gasteiger partial charge < -0.3 is 0 Å². The molecule has 2 bridgehead atoms. The van der Waals surface area contributed by atoms with Crippen molar-refractivity contribution in [2.75, 3.05) is 0 Å². The molecule has 0 N–H and O–H groups in total. The quantitative estimate of drug-likeness (QED) is 0.768. The highest BCUT2D eigenvalue weighted by molar-refractivity contribution is 5.67. The molecular formula is C21H22FN. The third kappa shape index (κ3) is 3.09. The predicted molar refractivity (Wildman–Crippen MR) is 92.4 cm³/mol. The van der Waals surface area contributed by atoms with E-state index < -0.39 is 0 Å². The summed E-state index contributed by atoms with van der Waals surface area (Å²) in [4.78, 5) is 2.64. The van der Waals surface area contributed by atoms with Gasteiger partial charge in [0.15, 0.2) is 0 Å². The van der Waals surface area contributed by atoms with Crippen LogP contribution in [0.1, 0.15) is 36.8 Å². The van der Waals surface area contributed by atoms with Crippen LogP contribution in [0.4, 0.5) is 4.39 Å². The van der Waals surface area contributed by atoms with Crippen molar-refractivity contribution >= 4 is 5.57 Å². The number of piperidine rings is 1. The van der Waals surface area contributed by atoms with Crippen LogP contribution >= 0.6 is 0 Å². The molecule has 0 aliphatic carbocycles. The molecule has 2 aromatic rings. The van der Waals surface area contributed by atoms with Gasteiger partial charge >= 0.3 is 0 Å². The zero-order chi connectivity index (χ0) is 15.6. The molecule has 23 heavy (non-hydrogen) atoms. The predicted octanol–water partition coefficient (Wildman–Crippen LogP) is 5.04. The first kappa shape index (κ1) is 14.6. The van der Waals surface area contributed by atoms with E-state index in [0.717, 1.165) is 18.5 Å². The van der Waals surface area contributed by atoms with Crippen LogP contribution in [0, 0.1) is 5.82 Å². The van der Waals surface area contributed by atoms with Gasteiger partial charge in [0.1, 0.15) is 5.82 Å². The zero-order valence-electron chi connectivity index (χ0n) is 13.3. The third-order valence-corrected chi connectivity index (χ3v) is 5.18. The highest BCUT2D eigenvalue weighted by atomic mass is 19.1. The fourth-order valence-electron chi connectivity index (χ4n) is 4.06. The highest BCUT2D eigenvalue weighted by Crippen LogP contribution is 2.38. The van der Waals surface area contributed by atoms with Crippen LogP contribution in [0.5, 0.6) is 0 Å². The average molecular weight is 307 g/mol. The SMILES string of the molecule is Fc1cccc(C2=CC3CCCC(C2)N3Cc2ccccc2)c1. The van der Waals surface area contributed by atoms with Crippen LogP contribution in [0.2, 0.25) is 0 Å². The molecule has 2 aliphatic rings. The van der Waals surface area contributed by atoms with Crippen molar-refractivity contribution in [3.63, 3.8) is 0 Å². The molecule has 2 aliphatic heterocycles. The molecule has 0 amide bonds. The number of nitrogens with zero attached hydrogens (tertiary/aromatic N) is 1. The monoisotopic (exact) mass is 307 g/mol. The van der Waals surface area contributed by atoms with Crippen molar-refractivity contribution in [1.29, 1.82) is 0 Å². The third-order valence-electron chi connectivity index (χ3n) is 5.18. The molecule has 2 heteroatoms. The van der Waals surface area contributed by atoms with Crippen LogP contribution < -0.4 is 0 Å². The second-order valence-corrected chi connectivity index (χ2v) is 6.72. The number of benzene rings is 2. The van der Waals surface area contributed by atoms with Gasteiger partial charge in [-0.25, -0.2) is 4.39 Å². The Morgan fingerprint density at radius 3 is 2.65 bits per heavy atom. The summed E-state index contributed by atoms with van der Waals surface area (Å²) in [5.74, 6) is -0.139. The second kappa shape index (κ2) is 6.29. The van der Waals surface area contributed by atoms with E-state index in [1.807, 2.05) is 12.1 Å². The Labute approximate surface area is 137 Å². The number of hydrogen-bond acceptors (Lipinski definition) is 1. The lowest BCUT2D eigenvalue weighted by Gasteiger charge is -2.45. The molecular weight excluding hydrogens is 285 g/mol. The Kier molecular flexibility index (Phi) is 4.00. The minimum atomic E-state index is -0.139. The van der Waals surface area contributed by atoms with E-state index in [1.54, 1.807) is 6.07 Å². The molecule has 1 fully saturated rings. The first-order valence-electron chi connectivity index (χ1n) is 8.56. The van der Waals surface area contributed by atoms with Crippen LogP contribution in [-0.4, -0.2) is 17.0 Å². The van der Waals surface area contributed by atoms with Gasteiger partial charge in [-0.1, -0.05) is 55.0 Å². The Morgan fingerprint density at radius 2 is 1.87 bits per heavy atom. The van der Waals surface area contributed by atoms with Crippen LogP contribution in [-0.2, 0) is 6.54 Å². The van der Waals surface area contributed by atoms with Gasteiger partial charge in [-0.2, -0.15) is 0 Å². The van der Waals surface area contributed by atoms with Crippen molar-refractivity contribution in [3.8, 4) is 0 Å². The minimum Gasteiger partial charge on any atom is -0.289 e. The first-order chi connectivity index (χ1) is 11.3. The Morgan fingerprint density at radius 1 is 1.00 bits per heavy atom. The second-order valence-electron chi connectivity index (χ2n) is 6.72. The summed E-state index contributed by atoms with van der Waals surface area (Å²) in [6.07, 6.45) is 7.17. The fourth-order valence-corrected chi connectivity index (χ4v) is 4.06. The van der Waals surface area contributed by atoms with Crippen molar-refractivity contribution in [2.24, 2.45) is 0 Å². The highest BCUT2D eigenvalue weighted by Gasteiger charge is 2.33. The van der Waals surface area contributed by atoms with Gasteiger partial charge in [0, 0.05) is 18.6 Å². The van der Waals surface area contributed by atoms with E-state index in [-0.39, 0.29) is 5.82 Å². The van der Waals surface area contributed by atoms with Gasteiger partial charge in [0.05, 0.1) is 0 Å². The maximum Gasteiger partial charge on any atom is 0.123 e. The molecule has 1 saturated heterocycles. The van der Waals surface area contributed by atoms with Crippen LogP contribution in [0.25, 0.3) is 5.57 Å². The van der Waals surface area contributed by atoms with Crippen LogP contribution in [0.15, 0.2) is 60.7 Å². The van der Waals surface area contributed by atoms with E-state index in [0.29, 0.717) is 12.1 Å². The average Bonchev–Trinajstić information content (AvgIpc) is 2.55. The molecule has 4 rings (SSSR count). The Bertz CT molecular complexity index is 707. The lowest BCUT2D eigenvalue weighted by Crippen LogP contribution is -2.47. The van der Waals surface area contributed by atoms with Gasteiger partial charge in [-0.05, 0) is 48.1 Å². The minimum absolute atomic E-state index is 0.139. The van der Waals surface area contributed by atoms with E-state index in [2.05, 4.69) is 41.3 Å². The largest absolute Gasteiger partial charge is 0.289 e. The normalized spacial score (nSPS) is 24.3. The standard InChI is InChI=1S/C21H22FN/c22-19-9-4-8-17(12-19)18-13-20-10-5-11-21(14-18)23(20)15-16-6-2-1-3-7-16/h1-4,6-9,12-13,20-21H,5,10-11,14-15H2. The fraction of sp³-hybridized carbons (Fsp3) is 0.333. The summed E-state index contributed by atoms with van der Waals surface area (Å²) >= 11 is 0. The van der Waals surface area contributed by atoms with Gasteiger partial charge in [-0.15, -0.1) is 0 Å². The molecule has 0 aromatic heterocycles. The van der Waals surface area contributed by atoms with Gasteiger partial charge in [-0.3, -0.25) is 4.90 Å². The summed E-state index contributed by atoms with van der Waals surface area (Å²) in [7, 11) is 0. The molecule has 0 saturated carbocycles. The first-order valence-corrected chi connectivity index (χ1v) is 8.56. The summed E-state index contributed by atoms with van der Waals surface area (Å²) in [5, 5.41) is 0. The van der Waals surface area contributed by atoms with Crippen molar-refractivity contribution in [2.45, 2.75) is 44.3 Å². The topological polar surface area (TPSA) is 3.24 Å². The molecule has 0 spiro atoms. The maximum absolute atomic E-state index is 13.5. The summed E-state index contributed by atoms with van der Waals surface area (Å²) in [5.41, 5.74) is 3.76. The number of fused-ring (bicyclic) bond motifs is 2. The molecule has 1 nitrogen and oxygen atoms in total. The van der Waals surface area contributed by atoms with Crippen LogP contribution in [0.3, 0.4) is 0 Å². The summed E-state index contributed by atoms with van der Waals surface area (Å²) in [6.45, 7) is 1.02. The Balaban J connectivity index is 1.60. The Hall–Kier alpha value is -1.93. The molecule has 118 valence electrons. The molecule has 2 aromatic carbocycles. The van der Waals surface area contributed by atoms with E-state index >= 15 is 0 Å². The number of halogens is 1. The smallest absolute Gasteiger partial charge is 0.123 e. The van der Waals surface area contributed by atoms with Crippen molar-refractivity contribution in [1.82, 2.24) is 4.90 Å². The zero-order valence-corrected chi connectivity index (χ0v) is 13.3. The summed E-state index contributed by atoms with van der Waals surface area (Å²) < 4.78 is 13.5. The molecule has 2 unspecified atom stereocenters. The number of rotatable bonds is 3. The summed E-state index contributed by atoms with van der Waals surface area (Å²) in [6, 6.07) is 18.8. The molecule has 2 atom stereocenters. The van der Waals surface area contributed by atoms with Gasteiger partial charge in [0.25, 0.3) is 0 Å². The van der Waals surface area contributed by atoms with E-state index in [4.69, 9.17) is 0 Å². The molecule has 2 heterocycles. The maximum atomic E-state index is 13.5. The lowest BCUT2D eigenvalue weighted by molar-refractivity contribution is 0.0951. The lowest BCUT2D eigenvalue weighted by atomic mass is 9.82. The van der Waals surface area contributed by atoms with E-state index in [9.17, 15) is 4.39 Å². The number of hydrogen-bond donors (Lipinski definition) is 0. The van der Waals surface area contributed by atoms with Crippen molar-refractivity contribution in [3.05, 3.63) is 77.6 Å². The van der Waals surface area contributed by atoms with E-state index in [1.165, 1.54) is 36.5 Å². The van der Waals surface area contributed by atoms with Crippen molar-refractivity contribution < 1.29 is 4.39 Å². The molecule has 0 radical (unpaired) electrons.